The van der Waals surface area contributed by atoms with E-state index in [2.05, 4.69) is 59.1 Å². The molecule has 2 N–H and O–H groups in total. The molecule has 0 aliphatic heterocycles. The van der Waals surface area contributed by atoms with Crippen LogP contribution in [0.25, 0.3) is 16.8 Å². The zero-order valence-electron chi connectivity index (χ0n) is 11.9. The number of aryl methyl sites for hydroxylation is 1. The molecule has 0 unspecified atom stereocenters. The third kappa shape index (κ3) is 1.75. The molecule has 19 heavy (non-hydrogen) atoms. The fourth-order valence-corrected chi connectivity index (χ4v) is 2.46. The highest BCUT2D eigenvalue weighted by molar-refractivity contribution is 5.80. The van der Waals surface area contributed by atoms with Gasteiger partial charge >= 0.3 is 0 Å². The minimum atomic E-state index is 0.143. The monoisotopic (exact) mass is 256 g/mol. The van der Waals surface area contributed by atoms with Gasteiger partial charge in [0.05, 0.1) is 16.7 Å². The van der Waals surface area contributed by atoms with Crippen molar-refractivity contribution in [3.05, 3.63) is 35.7 Å². The molecule has 0 saturated carbocycles. The second-order valence-corrected chi connectivity index (χ2v) is 6.12. The summed E-state index contributed by atoms with van der Waals surface area (Å²) in [4.78, 5) is 4.68. The molecule has 0 spiro atoms. The van der Waals surface area contributed by atoms with Gasteiger partial charge in [-0.3, -0.25) is 4.40 Å². The number of nitrogens with two attached hydrogens (primary N) is 1. The standard InChI is InChI=1S/C15H20N4/c1-15(2,3)10-5-6-12-13(7-10)19-9-11(8-16)18(4)14(19)17-12/h5-7,9H,8,16H2,1-4H3. The van der Waals surface area contributed by atoms with Crippen molar-refractivity contribution in [3.8, 4) is 0 Å². The van der Waals surface area contributed by atoms with Crippen molar-refractivity contribution in [3.63, 3.8) is 0 Å². The van der Waals surface area contributed by atoms with Gasteiger partial charge in [-0.2, -0.15) is 0 Å². The topological polar surface area (TPSA) is 48.2 Å². The van der Waals surface area contributed by atoms with E-state index in [1.807, 2.05) is 7.05 Å². The normalized spacial score (nSPS) is 12.7. The molecule has 0 bridgehead atoms. The summed E-state index contributed by atoms with van der Waals surface area (Å²) in [6, 6.07) is 6.50. The van der Waals surface area contributed by atoms with Gasteiger partial charge in [-0.15, -0.1) is 0 Å². The van der Waals surface area contributed by atoms with Crippen LogP contribution in [0, 0.1) is 0 Å². The maximum atomic E-state index is 5.75. The van der Waals surface area contributed by atoms with E-state index >= 15 is 0 Å². The lowest BCUT2D eigenvalue weighted by Gasteiger charge is -2.18. The summed E-state index contributed by atoms with van der Waals surface area (Å²) < 4.78 is 4.18. The molecule has 0 aliphatic rings. The van der Waals surface area contributed by atoms with Crippen LogP contribution in [0.4, 0.5) is 0 Å². The minimum Gasteiger partial charge on any atom is -0.325 e. The van der Waals surface area contributed by atoms with Crippen molar-refractivity contribution < 1.29 is 0 Å². The predicted octanol–water partition coefficient (Wildman–Crippen LogP) is 2.58. The number of benzene rings is 1. The molecular formula is C15H20N4. The fraction of sp³-hybridized carbons (Fsp3) is 0.400. The molecule has 0 fully saturated rings. The molecule has 4 nitrogen and oxygen atoms in total. The summed E-state index contributed by atoms with van der Waals surface area (Å²) in [5.74, 6) is 0.946. The van der Waals surface area contributed by atoms with Crippen molar-refractivity contribution in [2.24, 2.45) is 12.8 Å². The first kappa shape index (κ1) is 12.2. The summed E-state index contributed by atoms with van der Waals surface area (Å²) in [6.45, 7) is 7.20. The number of hydrogen-bond acceptors (Lipinski definition) is 2. The van der Waals surface area contributed by atoms with E-state index in [0.29, 0.717) is 6.54 Å². The minimum absolute atomic E-state index is 0.143. The molecule has 100 valence electrons. The zero-order valence-corrected chi connectivity index (χ0v) is 11.9. The molecule has 2 heterocycles. The van der Waals surface area contributed by atoms with Crippen molar-refractivity contribution in [2.45, 2.75) is 32.7 Å². The Morgan fingerprint density at radius 1 is 1.26 bits per heavy atom. The average molecular weight is 256 g/mol. The Balaban J connectivity index is 2.34. The highest BCUT2D eigenvalue weighted by Gasteiger charge is 2.17. The van der Waals surface area contributed by atoms with Gasteiger partial charge < -0.3 is 10.3 Å². The summed E-state index contributed by atoms with van der Waals surface area (Å²) in [5.41, 5.74) is 10.5. The smallest absolute Gasteiger partial charge is 0.214 e. The number of fused-ring (bicyclic) bond motifs is 3. The maximum Gasteiger partial charge on any atom is 0.214 e. The SMILES string of the molecule is Cn1c(CN)cn2c3cc(C(C)(C)C)ccc3nc12. The van der Waals surface area contributed by atoms with E-state index in [4.69, 9.17) is 5.73 Å². The fourth-order valence-electron chi connectivity index (χ4n) is 2.46. The van der Waals surface area contributed by atoms with Gasteiger partial charge in [-0.25, -0.2) is 4.98 Å². The third-order valence-corrected chi connectivity index (χ3v) is 3.75. The zero-order chi connectivity index (χ0) is 13.8. The molecule has 0 saturated heterocycles. The number of nitrogens with zero attached hydrogens (tertiary/aromatic N) is 3. The van der Waals surface area contributed by atoms with E-state index in [1.165, 1.54) is 5.56 Å². The lowest BCUT2D eigenvalue weighted by molar-refractivity contribution is 0.591. The van der Waals surface area contributed by atoms with Gasteiger partial charge in [0, 0.05) is 19.8 Å². The van der Waals surface area contributed by atoms with E-state index in [9.17, 15) is 0 Å². The molecule has 4 heteroatoms. The van der Waals surface area contributed by atoms with Crippen LogP contribution in [-0.4, -0.2) is 14.0 Å². The van der Waals surface area contributed by atoms with Crippen molar-refractivity contribution in [1.29, 1.82) is 0 Å². The quantitative estimate of drug-likeness (QED) is 0.727. The lowest BCUT2D eigenvalue weighted by atomic mass is 9.87. The highest BCUT2D eigenvalue weighted by Crippen LogP contribution is 2.27. The molecule has 3 rings (SSSR count). The highest BCUT2D eigenvalue weighted by atomic mass is 15.2. The second kappa shape index (κ2) is 3.84. The van der Waals surface area contributed by atoms with Gasteiger partial charge in [0.15, 0.2) is 0 Å². The predicted molar refractivity (Wildman–Crippen MR) is 78.3 cm³/mol. The number of aromatic nitrogens is 3. The first-order valence-electron chi connectivity index (χ1n) is 6.59. The molecule has 3 aromatic rings. The summed E-state index contributed by atoms with van der Waals surface area (Å²) in [6.07, 6.45) is 2.08. The van der Waals surface area contributed by atoms with Crippen LogP contribution in [-0.2, 0) is 19.0 Å². The van der Waals surface area contributed by atoms with Gasteiger partial charge in [0.2, 0.25) is 5.78 Å². The van der Waals surface area contributed by atoms with Crippen LogP contribution < -0.4 is 5.73 Å². The van der Waals surface area contributed by atoms with Crippen molar-refractivity contribution in [2.75, 3.05) is 0 Å². The van der Waals surface area contributed by atoms with Gasteiger partial charge in [0.1, 0.15) is 0 Å². The first-order chi connectivity index (χ1) is 8.91. The van der Waals surface area contributed by atoms with Crippen molar-refractivity contribution in [1.82, 2.24) is 14.0 Å². The van der Waals surface area contributed by atoms with Crippen LogP contribution in [0.3, 0.4) is 0 Å². The van der Waals surface area contributed by atoms with E-state index < -0.39 is 0 Å². The molecule has 0 atom stereocenters. The van der Waals surface area contributed by atoms with Crippen molar-refractivity contribution >= 4 is 16.8 Å². The van der Waals surface area contributed by atoms with Crippen LogP contribution >= 0.6 is 0 Å². The summed E-state index contributed by atoms with van der Waals surface area (Å²) in [5, 5.41) is 0. The van der Waals surface area contributed by atoms with Gasteiger partial charge in [0.25, 0.3) is 0 Å². The Morgan fingerprint density at radius 3 is 2.63 bits per heavy atom. The van der Waals surface area contributed by atoms with E-state index in [0.717, 1.165) is 22.5 Å². The number of rotatable bonds is 1. The van der Waals surface area contributed by atoms with Crippen LogP contribution in [0.5, 0.6) is 0 Å². The third-order valence-electron chi connectivity index (χ3n) is 3.75. The Kier molecular flexibility index (Phi) is 2.47. The molecule has 1 aromatic carbocycles. The van der Waals surface area contributed by atoms with E-state index in [1.54, 1.807) is 0 Å². The lowest BCUT2D eigenvalue weighted by Crippen LogP contribution is -2.10. The molecule has 0 amide bonds. The Hall–Kier alpha value is -1.81. The van der Waals surface area contributed by atoms with Gasteiger partial charge in [-0.1, -0.05) is 26.8 Å². The summed E-state index contributed by atoms with van der Waals surface area (Å²) >= 11 is 0. The van der Waals surface area contributed by atoms with Crippen LogP contribution in [0.15, 0.2) is 24.4 Å². The summed E-state index contributed by atoms with van der Waals surface area (Å²) in [7, 11) is 2.01. The Morgan fingerprint density at radius 2 is 2.00 bits per heavy atom. The molecule has 2 aromatic heterocycles. The first-order valence-corrected chi connectivity index (χ1v) is 6.59. The Bertz CT molecular complexity index is 756. The average Bonchev–Trinajstić information content (AvgIpc) is 2.85. The maximum absolute atomic E-state index is 5.75. The largest absolute Gasteiger partial charge is 0.325 e. The van der Waals surface area contributed by atoms with Crippen LogP contribution in [0.1, 0.15) is 32.0 Å². The molecule has 0 aliphatic carbocycles. The second-order valence-electron chi connectivity index (χ2n) is 6.12. The Labute approximate surface area is 112 Å². The van der Waals surface area contributed by atoms with E-state index in [-0.39, 0.29) is 5.41 Å². The van der Waals surface area contributed by atoms with Gasteiger partial charge in [-0.05, 0) is 23.1 Å². The molecular weight excluding hydrogens is 236 g/mol. The number of hydrogen-bond donors (Lipinski definition) is 1. The van der Waals surface area contributed by atoms with Crippen LogP contribution in [0.2, 0.25) is 0 Å². The molecule has 0 radical (unpaired) electrons. The number of imidazole rings is 2.